The molecule has 0 unspecified atom stereocenters. The number of morpholine rings is 1. The van der Waals surface area contributed by atoms with Gasteiger partial charge in [0.1, 0.15) is 16.8 Å². The molecule has 12 nitrogen and oxygen atoms in total. The van der Waals surface area contributed by atoms with E-state index in [1.807, 2.05) is 20.8 Å². The number of aromatic amines is 1. The maximum Gasteiger partial charge on any atom is 0.410 e. The second kappa shape index (κ2) is 10.0. The molecule has 12 heteroatoms. The zero-order chi connectivity index (χ0) is 25.3. The summed E-state index contributed by atoms with van der Waals surface area (Å²) in [6.07, 6.45) is 3.39. The third-order valence-corrected chi connectivity index (χ3v) is 6.54. The number of hydrogen-bond acceptors (Lipinski definition) is 9. The number of carbonyl (C=O) groups is 1. The molecule has 2 aliphatic rings. The van der Waals surface area contributed by atoms with E-state index in [0.29, 0.717) is 55.3 Å². The Morgan fingerprint density at radius 1 is 1.17 bits per heavy atom. The van der Waals surface area contributed by atoms with Gasteiger partial charge in [-0.1, -0.05) is 0 Å². The van der Waals surface area contributed by atoms with Gasteiger partial charge in [0, 0.05) is 51.1 Å². The topological polar surface area (TPSA) is 131 Å². The van der Waals surface area contributed by atoms with Gasteiger partial charge in [-0.05, 0) is 33.6 Å². The van der Waals surface area contributed by atoms with E-state index in [0.717, 1.165) is 38.5 Å². The van der Waals surface area contributed by atoms with Gasteiger partial charge in [0.15, 0.2) is 0 Å². The van der Waals surface area contributed by atoms with Gasteiger partial charge in [-0.2, -0.15) is 5.10 Å². The second-order valence-corrected chi connectivity index (χ2v) is 10.3. The van der Waals surface area contributed by atoms with Crippen LogP contribution >= 0.6 is 0 Å². The van der Waals surface area contributed by atoms with Gasteiger partial charge in [0.05, 0.1) is 25.1 Å². The second-order valence-electron chi connectivity index (χ2n) is 10.3. The summed E-state index contributed by atoms with van der Waals surface area (Å²) in [4.78, 5) is 31.9. The molecule has 194 valence electrons. The van der Waals surface area contributed by atoms with Crippen LogP contribution in [-0.2, 0) is 15.9 Å². The highest BCUT2D eigenvalue weighted by Crippen LogP contribution is 2.30. The van der Waals surface area contributed by atoms with Crippen molar-refractivity contribution in [2.75, 3.05) is 45.9 Å². The fourth-order valence-corrected chi connectivity index (χ4v) is 4.69. The summed E-state index contributed by atoms with van der Waals surface area (Å²) >= 11 is 0. The molecule has 3 aromatic rings. The minimum atomic E-state index is -0.532. The number of piperidine rings is 1. The molecule has 0 bridgehead atoms. The lowest BCUT2D eigenvalue weighted by Gasteiger charge is -2.33. The standard InChI is InChI=1S/C24H33N7O5/c1-24(2,3)36-23(33)30-8-4-16(5-9-30)18-14-19(32)26-21-17(15-25-31(18)21)22-28-27-20(35-22)6-7-29-10-12-34-13-11-29/h14-16H,4-13H2,1-3H3,(H,26,32). The molecule has 1 amide bonds. The molecule has 0 aliphatic carbocycles. The van der Waals surface area contributed by atoms with Crippen LogP contribution in [0.3, 0.4) is 0 Å². The molecular weight excluding hydrogens is 466 g/mol. The Bertz CT molecular complexity index is 1260. The first kappa shape index (κ1) is 24.4. The summed E-state index contributed by atoms with van der Waals surface area (Å²) in [6, 6.07) is 1.58. The number of carbonyl (C=O) groups excluding carboxylic acids is 1. The number of ether oxygens (including phenoxy) is 2. The van der Waals surface area contributed by atoms with Gasteiger partial charge in [-0.3, -0.25) is 9.69 Å². The number of amides is 1. The SMILES string of the molecule is CC(C)(C)OC(=O)N1CCC(c2cc(=O)[nH]c3c(-c4nnc(CCN5CCOCC5)o4)cnn23)CC1. The lowest BCUT2D eigenvalue weighted by Crippen LogP contribution is -2.41. The number of nitrogens with zero attached hydrogens (tertiary/aromatic N) is 6. The van der Waals surface area contributed by atoms with Crippen LogP contribution in [0.15, 0.2) is 21.5 Å². The third kappa shape index (κ3) is 5.44. The van der Waals surface area contributed by atoms with Crippen molar-refractivity contribution >= 4 is 11.7 Å². The first-order chi connectivity index (χ1) is 17.3. The van der Waals surface area contributed by atoms with Crippen LogP contribution in [0.1, 0.15) is 51.1 Å². The highest BCUT2D eigenvalue weighted by atomic mass is 16.6. The Labute approximate surface area is 208 Å². The molecule has 0 radical (unpaired) electrons. The summed E-state index contributed by atoms with van der Waals surface area (Å²) < 4.78 is 18.5. The summed E-state index contributed by atoms with van der Waals surface area (Å²) in [5.41, 5.74) is 1.16. The van der Waals surface area contributed by atoms with Gasteiger partial charge < -0.3 is 23.8 Å². The van der Waals surface area contributed by atoms with Crippen molar-refractivity contribution in [2.24, 2.45) is 0 Å². The van der Waals surface area contributed by atoms with Gasteiger partial charge in [0.2, 0.25) is 5.89 Å². The third-order valence-electron chi connectivity index (χ3n) is 6.54. The minimum absolute atomic E-state index is 0.0769. The monoisotopic (exact) mass is 499 g/mol. The molecule has 2 fully saturated rings. The quantitative estimate of drug-likeness (QED) is 0.560. The van der Waals surface area contributed by atoms with Crippen LogP contribution in [0, 0.1) is 0 Å². The van der Waals surface area contributed by atoms with Crippen molar-refractivity contribution in [1.29, 1.82) is 0 Å². The molecule has 0 spiro atoms. The lowest BCUT2D eigenvalue weighted by molar-refractivity contribution is 0.0203. The highest BCUT2D eigenvalue weighted by molar-refractivity contribution is 5.71. The van der Waals surface area contributed by atoms with Crippen molar-refractivity contribution in [3.05, 3.63) is 34.2 Å². The first-order valence-corrected chi connectivity index (χ1v) is 12.5. The van der Waals surface area contributed by atoms with E-state index in [1.165, 1.54) is 0 Å². The predicted molar refractivity (Wildman–Crippen MR) is 130 cm³/mol. The predicted octanol–water partition coefficient (Wildman–Crippen LogP) is 2.06. The molecule has 0 aromatic carbocycles. The maximum absolute atomic E-state index is 12.6. The Kier molecular flexibility index (Phi) is 6.80. The Balaban J connectivity index is 1.30. The average Bonchev–Trinajstić information content (AvgIpc) is 3.49. The minimum Gasteiger partial charge on any atom is -0.444 e. The van der Waals surface area contributed by atoms with Crippen LogP contribution in [-0.4, -0.2) is 92.2 Å². The summed E-state index contributed by atoms with van der Waals surface area (Å²) in [6.45, 7) is 10.8. The number of aromatic nitrogens is 5. The molecule has 0 atom stereocenters. The van der Waals surface area contributed by atoms with Crippen molar-refractivity contribution in [2.45, 2.75) is 51.6 Å². The molecule has 5 rings (SSSR count). The Morgan fingerprint density at radius 3 is 2.64 bits per heavy atom. The smallest absolute Gasteiger partial charge is 0.410 e. The largest absolute Gasteiger partial charge is 0.444 e. The zero-order valence-electron chi connectivity index (χ0n) is 21.0. The van der Waals surface area contributed by atoms with Crippen LogP contribution in [0.5, 0.6) is 0 Å². The zero-order valence-corrected chi connectivity index (χ0v) is 21.0. The first-order valence-electron chi connectivity index (χ1n) is 12.5. The summed E-state index contributed by atoms with van der Waals surface area (Å²) in [7, 11) is 0. The van der Waals surface area contributed by atoms with Crippen molar-refractivity contribution in [3.8, 4) is 11.5 Å². The normalized spacial score (nSPS) is 18.1. The molecule has 1 N–H and O–H groups in total. The summed E-state index contributed by atoms with van der Waals surface area (Å²) in [5.74, 6) is 0.950. The lowest BCUT2D eigenvalue weighted by atomic mass is 9.93. The maximum atomic E-state index is 12.6. The molecular formula is C24H33N7O5. The van der Waals surface area contributed by atoms with E-state index in [4.69, 9.17) is 13.9 Å². The van der Waals surface area contributed by atoms with Gasteiger partial charge in [-0.15, -0.1) is 10.2 Å². The van der Waals surface area contributed by atoms with E-state index in [-0.39, 0.29) is 17.6 Å². The number of H-pyrrole nitrogens is 1. The number of rotatable bonds is 5. The van der Waals surface area contributed by atoms with E-state index in [2.05, 4.69) is 25.2 Å². The molecule has 36 heavy (non-hydrogen) atoms. The molecule has 2 saturated heterocycles. The number of fused-ring (bicyclic) bond motifs is 1. The summed E-state index contributed by atoms with van der Waals surface area (Å²) in [5, 5.41) is 12.9. The number of nitrogens with one attached hydrogen (secondary N) is 1. The van der Waals surface area contributed by atoms with E-state index in [1.54, 1.807) is 21.7 Å². The Morgan fingerprint density at radius 2 is 1.92 bits per heavy atom. The van der Waals surface area contributed by atoms with E-state index < -0.39 is 5.60 Å². The van der Waals surface area contributed by atoms with Crippen LogP contribution in [0.4, 0.5) is 4.79 Å². The Hall–Kier alpha value is -3.25. The fourth-order valence-electron chi connectivity index (χ4n) is 4.69. The molecule has 5 heterocycles. The van der Waals surface area contributed by atoms with Gasteiger partial charge in [-0.25, -0.2) is 9.31 Å². The van der Waals surface area contributed by atoms with E-state index >= 15 is 0 Å². The number of likely N-dealkylation sites (tertiary alicyclic amines) is 1. The fraction of sp³-hybridized carbons (Fsp3) is 0.625. The van der Waals surface area contributed by atoms with Crippen LogP contribution in [0.2, 0.25) is 0 Å². The highest BCUT2D eigenvalue weighted by Gasteiger charge is 2.29. The molecule has 3 aromatic heterocycles. The van der Waals surface area contributed by atoms with E-state index in [9.17, 15) is 9.59 Å². The van der Waals surface area contributed by atoms with Crippen LogP contribution < -0.4 is 5.56 Å². The van der Waals surface area contributed by atoms with Gasteiger partial charge in [0.25, 0.3) is 11.4 Å². The average molecular weight is 500 g/mol. The van der Waals surface area contributed by atoms with Crippen molar-refractivity contribution < 1.29 is 18.7 Å². The molecule has 0 saturated carbocycles. The van der Waals surface area contributed by atoms with Crippen molar-refractivity contribution in [1.82, 2.24) is 34.6 Å². The van der Waals surface area contributed by atoms with Crippen molar-refractivity contribution in [3.63, 3.8) is 0 Å². The van der Waals surface area contributed by atoms with Gasteiger partial charge >= 0.3 is 6.09 Å². The number of hydrogen-bond donors (Lipinski definition) is 1. The van der Waals surface area contributed by atoms with Crippen LogP contribution in [0.25, 0.3) is 17.1 Å². The molecule has 2 aliphatic heterocycles.